The van der Waals surface area contributed by atoms with Gasteiger partial charge in [-0.2, -0.15) is 0 Å². The second-order valence-corrected chi connectivity index (χ2v) is 4.47. The van der Waals surface area contributed by atoms with Crippen molar-refractivity contribution >= 4 is 5.97 Å². The van der Waals surface area contributed by atoms with Crippen LogP contribution in [-0.2, 0) is 4.79 Å². The molecule has 0 saturated heterocycles. The molecule has 0 bridgehead atoms. The first kappa shape index (κ1) is 11.5. The maximum atomic E-state index is 11.0. The molecule has 2 heteroatoms. The first-order valence-electron chi connectivity index (χ1n) is 5.96. The summed E-state index contributed by atoms with van der Waals surface area (Å²) in [5.74, 6) is -0.582. The smallest absolute Gasteiger partial charge is 0.0448 e. The predicted octanol–water partition coefficient (Wildman–Crippen LogP) is 2.12. The van der Waals surface area contributed by atoms with Crippen molar-refractivity contribution in [3.05, 3.63) is 0 Å². The minimum Gasteiger partial charge on any atom is -0.550 e. The number of aliphatic carboxylic acids is 1. The summed E-state index contributed by atoms with van der Waals surface area (Å²) in [6.45, 7) is 2.10. The van der Waals surface area contributed by atoms with Crippen LogP contribution < -0.4 is 5.11 Å². The highest BCUT2D eigenvalue weighted by atomic mass is 16.4. The molecule has 0 aliphatic heterocycles. The number of carboxylic acids is 1. The van der Waals surface area contributed by atoms with Gasteiger partial charge in [0.25, 0.3) is 0 Å². The zero-order valence-electron chi connectivity index (χ0n) is 9.13. The Bertz CT molecular complexity index is 171. The van der Waals surface area contributed by atoms with Crippen molar-refractivity contribution in [1.82, 2.24) is 0 Å². The van der Waals surface area contributed by atoms with E-state index < -0.39 is 5.97 Å². The molecular formula is C12H21O2-. The van der Waals surface area contributed by atoms with Crippen LogP contribution in [0.5, 0.6) is 0 Å². The average Bonchev–Trinajstić information content (AvgIpc) is 2.19. The van der Waals surface area contributed by atoms with Gasteiger partial charge in [0.1, 0.15) is 0 Å². The van der Waals surface area contributed by atoms with Gasteiger partial charge in [0, 0.05) is 11.9 Å². The Labute approximate surface area is 86.7 Å². The van der Waals surface area contributed by atoms with Crippen molar-refractivity contribution in [3.8, 4) is 0 Å². The Morgan fingerprint density at radius 3 is 2.50 bits per heavy atom. The number of carbonyl (C=O) groups excluding carboxylic acids is 1. The Hall–Kier alpha value is -0.530. The maximum absolute atomic E-state index is 11.0. The lowest BCUT2D eigenvalue weighted by atomic mass is 9.78. The molecule has 1 unspecified atom stereocenters. The fourth-order valence-corrected chi connectivity index (χ4v) is 2.51. The largest absolute Gasteiger partial charge is 0.550 e. The molecule has 1 fully saturated rings. The van der Waals surface area contributed by atoms with E-state index in [1.807, 2.05) is 0 Å². The average molecular weight is 197 g/mol. The Morgan fingerprint density at radius 1 is 1.36 bits per heavy atom. The summed E-state index contributed by atoms with van der Waals surface area (Å²) in [6, 6.07) is 0. The monoisotopic (exact) mass is 197 g/mol. The molecule has 0 aromatic rings. The van der Waals surface area contributed by atoms with Crippen molar-refractivity contribution in [2.45, 2.75) is 58.3 Å². The molecule has 0 N–H and O–H groups in total. The molecule has 1 rings (SSSR count). The molecule has 0 radical (unpaired) electrons. The number of hydrogen-bond donors (Lipinski definition) is 0. The summed E-state index contributed by atoms with van der Waals surface area (Å²) in [4.78, 5) is 11.0. The summed E-state index contributed by atoms with van der Waals surface area (Å²) < 4.78 is 0. The molecule has 2 nitrogen and oxygen atoms in total. The van der Waals surface area contributed by atoms with Crippen LogP contribution in [0.4, 0.5) is 0 Å². The van der Waals surface area contributed by atoms with E-state index in [1.165, 1.54) is 19.3 Å². The van der Waals surface area contributed by atoms with Gasteiger partial charge >= 0.3 is 0 Å². The highest BCUT2D eigenvalue weighted by molar-refractivity contribution is 5.67. The van der Waals surface area contributed by atoms with Gasteiger partial charge in [-0.05, 0) is 25.2 Å². The van der Waals surface area contributed by atoms with Crippen LogP contribution in [0.25, 0.3) is 0 Å². The summed E-state index contributed by atoms with van der Waals surface area (Å²) >= 11 is 0. The van der Waals surface area contributed by atoms with E-state index in [4.69, 9.17) is 0 Å². The van der Waals surface area contributed by atoms with E-state index in [9.17, 15) is 9.90 Å². The van der Waals surface area contributed by atoms with Crippen LogP contribution in [0.1, 0.15) is 58.3 Å². The molecule has 1 saturated carbocycles. The van der Waals surface area contributed by atoms with Crippen molar-refractivity contribution in [2.24, 2.45) is 11.8 Å². The van der Waals surface area contributed by atoms with Crippen molar-refractivity contribution in [2.75, 3.05) is 0 Å². The molecule has 0 aromatic heterocycles. The predicted molar refractivity (Wildman–Crippen MR) is 54.6 cm³/mol. The molecule has 0 spiro atoms. The lowest BCUT2D eigenvalue weighted by Gasteiger charge is -2.30. The molecule has 1 aliphatic rings. The lowest BCUT2D eigenvalue weighted by molar-refractivity contribution is -0.314. The van der Waals surface area contributed by atoms with Gasteiger partial charge in [-0.3, -0.25) is 0 Å². The maximum Gasteiger partial charge on any atom is 0.0448 e. The first-order chi connectivity index (χ1) is 6.75. The second kappa shape index (κ2) is 6.05. The van der Waals surface area contributed by atoms with Gasteiger partial charge in [0.05, 0.1) is 0 Å². The molecule has 82 valence electrons. The standard InChI is InChI=1S/C12H22O2/c1-2-3-9-11(12(13)14)10-7-5-4-6-8-10/h10-11H,2-9H2,1H3,(H,13,14)/p-1. The van der Waals surface area contributed by atoms with Crippen LogP contribution in [0.15, 0.2) is 0 Å². The molecule has 0 aromatic carbocycles. The zero-order chi connectivity index (χ0) is 10.4. The van der Waals surface area contributed by atoms with E-state index in [0.717, 1.165) is 32.1 Å². The second-order valence-electron chi connectivity index (χ2n) is 4.47. The van der Waals surface area contributed by atoms with Gasteiger partial charge < -0.3 is 9.90 Å². The van der Waals surface area contributed by atoms with E-state index in [2.05, 4.69) is 6.92 Å². The molecular weight excluding hydrogens is 176 g/mol. The van der Waals surface area contributed by atoms with E-state index >= 15 is 0 Å². The summed E-state index contributed by atoms with van der Waals surface area (Å²) in [7, 11) is 0. The molecule has 1 atom stereocenters. The Morgan fingerprint density at radius 2 is 2.00 bits per heavy atom. The van der Waals surface area contributed by atoms with Crippen molar-refractivity contribution in [3.63, 3.8) is 0 Å². The number of hydrogen-bond acceptors (Lipinski definition) is 2. The summed E-state index contributed by atoms with van der Waals surface area (Å²) in [5.41, 5.74) is 0. The van der Waals surface area contributed by atoms with Crippen molar-refractivity contribution < 1.29 is 9.90 Å². The van der Waals surface area contributed by atoms with E-state index in [1.54, 1.807) is 0 Å². The topological polar surface area (TPSA) is 40.1 Å². The normalized spacial score (nSPS) is 20.6. The van der Waals surface area contributed by atoms with Gasteiger partial charge in [-0.25, -0.2) is 0 Å². The Kier molecular flexibility index (Phi) is 4.99. The van der Waals surface area contributed by atoms with Crippen LogP contribution >= 0.6 is 0 Å². The molecule has 14 heavy (non-hydrogen) atoms. The summed E-state index contributed by atoms with van der Waals surface area (Å²) in [5, 5.41) is 11.0. The van der Waals surface area contributed by atoms with Crippen LogP contribution in [0.3, 0.4) is 0 Å². The van der Waals surface area contributed by atoms with Gasteiger partial charge in [0.2, 0.25) is 0 Å². The highest BCUT2D eigenvalue weighted by Gasteiger charge is 2.23. The molecule has 0 heterocycles. The van der Waals surface area contributed by atoms with Crippen molar-refractivity contribution in [1.29, 1.82) is 0 Å². The van der Waals surface area contributed by atoms with E-state index in [0.29, 0.717) is 5.92 Å². The number of unbranched alkanes of at least 4 members (excludes halogenated alkanes) is 1. The minimum atomic E-state index is -0.814. The third-order valence-corrected chi connectivity index (χ3v) is 3.39. The lowest BCUT2D eigenvalue weighted by Crippen LogP contribution is -2.36. The van der Waals surface area contributed by atoms with Gasteiger partial charge in [-0.1, -0.05) is 39.0 Å². The van der Waals surface area contributed by atoms with Gasteiger partial charge in [0.15, 0.2) is 0 Å². The highest BCUT2D eigenvalue weighted by Crippen LogP contribution is 2.32. The molecule has 1 aliphatic carbocycles. The number of carboxylic acid groups (broad SMARTS) is 1. The fraction of sp³-hybridized carbons (Fsp3) is 0.917. The minimum absolute atomic E-state index is 0.171. The van der Waals surface area contributed by atoms with Crippen LogP contribution in [0.2, 0.25) is 0 Å². The molecule has 0 amide bonds. The third-order valence-electron chi connectivity index (χ3n) is 3.39. The van der Waals surface area contributed by atoms with Crippen LogP contribution in [0, 0.1) is 11.8 Å². The third kappa shape index (κ3) is 3.32. The van der Waals surface area contributed by atoms with Crippen LogP contribution in [-0.4, -0.2) is 5.97 Å². The first-order valence-corrected chi connectivity index (χ1v) is 5.96. The number of rotatable bonds is 5. The Balaban J connectivity index is 2.43. The van der Waals surface area contributed by atoms with E-state index in [-0.39, 0.29) is 5.92 Å². The fourth-order valence-electron chi connectivity index (χ4n) is 2.51. The number of carbonyl (C=O) groups is 1. The van der Waals surface area contributed by atoms with Gasteiger partial charge in [-0.15, -0.1) is 0 Å². The zero-order valence-corrected chi connectivity index (χ0v) is 9.13. The quantitative estimate of drug-likeness (QED) is 0.677. The summed E-state index contributed by atoms with van der Waals surface area (Å²) in [6.07, 6.45) is 8.82. The SMILES string of the molecule is CCCCC(C(=O)[O-])C1CCCCC1.